The summed E-state index contributed by atoms with van der Waals surface area (Å²) in [6.07, 6.45) is 8.14. The van der Waals surface area contributed by atoms with Crippen LogP contribution < -0.4 is 5.32 Å². The van der Waals surface area contributed by atoms with Gasteiger partial charge in [-0.1, -0.05) is 79.7 Å². The summed E-state index contributed by atoms with van der Waals surface area (Å²) in [6.45, 7) is 2.28. The van der Waals surface area contributed by atoms with E-state index in [0.29, 0.717) is 5.92 Å². The van der Waals surface area contributed by atoms with E-state index in [1.807, 2.05) is 11.3 Å². The number of fused-ring (bicyclic) bond motifs is 6. The lowest BCUT2D eigenvalue weighted by atomic mass is 9.90. The Bertz CT molecular complexity index is 2120. The van der Waals surface area contributed by atoms with Crippen molar-refractivity contribution in [2.45, 2.75) is 13.3 Å². The number of hydrogen-bond acceptors (Lipinski definition) is 2. The summed E-state index contributed by atoms with van der Waals surface area (Å²) in [6, 6.07) is 39.5. The maximum Gasteiger partial charge on any atom is 0.0542 e. The molecule has 5 aromatic carbocycles. The van der Waals surface area contributed by atoms with Gasteiger partial charge in [0.25, 0.3) is 0 Å². The molecule has 1 N–H and O–H groups in total. The van der Waals surface area contributed by atoms with Crippen molar-refractivity contribution < 1.29 is 0 Å². The molecule has 2 nitrogen and oxygen atoms in total. The van der Waals surface area contributed by atoms with Gasteiger partial charge in [-0.15, -0.1) is 11.3 Å². The van der Waals surface area contributed by atoms with Crippen molar-refractivity contribution >= 4 is 70.3 Å². The summed E-state index contributed by atoms with van der Waals surface area (Å²) < 4.78 is 5.03. The number of anilines is 2. The fraction of sp³-hybridized carbons (Fsp3) is 0.0811. The molecule has 8 rings (SSSR count). The normalized spacial score (nSPS) is 15.3. The molecular weight excluding hydrogens is 504 g/mol. The quantitative estimate of drug-likeness (QED) is 0.238. The maximum absolute atomic E-state index is 3.85. The molecule has 2 heterocycles. The molecule has 1 atom stereocenters. The first-order valence-corrected chi connectivity index (χ1v) is 14.7. The Kier molecular flexibility index (Phi) is 5.39. The monoisotopic (exact) mass is 532 g/mol. The zero-order valence-electron chi connectivity index (χ0n) is 22.3. The third-order valence-electron chi connectivity index (χ3n) is 8.11. The SMILES string of the molecule is CC1C=CC(c2c(Nc3ccc4c(c3)c3ccccc3n4-c3ccccc3)ccc3sc4ccccc4c23)=CC1. The second-order valence-electron chi connectivity index (χ2n) is 10.7. The van der Waals surface area contributed by atoms with Gasteiger partial charge in [-0.25, -0.2) is 0 Å². The second kappa shape index (κ2) is 9.25. The molecule has 0 saturated heterocycles. The van der Waals surface area contributed by atoms with Crippen LogP contribution in [0.1, 0.15) is 18.9 Å². The first-order valence-electron chi connectivity index (χ1n) is 13.9. The van der Waals surface area contributed by atoms with Gasteiger partial charge >= 0.3 is 0 Å². The van der Waals surface area contributed by atoms with Crippen molar-refractivity contribution in [3.8, 4) is 5.69 Å². The Balaban J connectivity index is 1.32. The minimum Gasteiger partial charge on any atom is -0.355 e. The number of allylic oxidation sites excluding steroid dienone is 4. The third kappa shape index (κ3) is 3.70. The van der Waals surface area contributed by atoms with Crippen molar-refractivity contribution in [2.75, 3.05) is 5.32 Å². The molecule has 0 saturated carbocycles. The largest absolute Gasteiger partial charge is 0.355 e. The zero-order valence-corrected chi connectivity index (χ0v) is 23.1. The van der Waals surface area contributed by atoms with Crippen LogP contribution in [-0.2, 0) is 0 Å². The number of rotatable bonds is 4. The van der Waals surface area contributed by atoms with Gasteiger partial charge < -0.3 is 9.88 Å². The lowest BCUT2D eigenvalue weighted by Crippen LogP contribution is -1.99. The molecule has 0 aliphatic heterocycles. The zero-order chi connectivity index (χ0) is 26.6. The van der Waals surface area contributed by atoms with Crippen molar-refractivity contribution in [3.05, 3.63) is 133 Å². The van der Waals surface area contributed by atoms with Crippen LogP contribution in [0.15, 0.2) is 127 Å². The van der Waals surface area contributed by atoms with Crippen LogP contribution >= 0.6 is 11.3 Å². The lowest BCUT2D eigenvalue weighted by Gasteiger charge is -2.18. The molecule has 0 amide bonds. The minimum atomic E-state index is 0.572. The molecule has 3 heteroatoms. The summed E-state index contributed by atoms with van der Waals surface area (Å²) in [7, 11) is 0. The fourth-order valence-electron chi connectivity index (χ4n) is 6.19. The summed E-state index contributed by atoms with van der Waals surface area (Å²) >= 11 is 1.88. The number of benzene rings is 5. The van der Waals surface area contributed by atoms with Crippen molar-refractivity contribution in [2.24, 2.45) is 5.92 Å². The van der Waals surface area contributed by atoms with Gasteiger partial charge in [0.05, 0.1) is 11.0 Å². The van der Waals surface area contributed by atoms with Gasteiger partial charge in [0.15, 0.2) is 0 Å². The summed E-state index contributed by atoms with van der Waals surface area (Å²) in [5.74, 6) is 0.572. The smallest absolute Gasteiger partial charge is 0.0542 e. The van der Waals surface area contributed by atoms with Gasteiger partial charge in [0, 0.05) is 53.6 Å². The van der Waals surface area contributed by atoms with Gasteiger partial charge in [0.1, 0.15) is 0 Å². The van der Waals surface area contributed by atoms with Gasteiger partial charge in [-0.3, -0.25) is 0 Å². The molecule has 192 valence electrons. The Morgan fingerprint density at radius 1 is 0.725 bits per heavy atom. The van der Waals surface area contributed by atoms with E-state index >= 15 is 0 Å². The van der Waals surface area contributed by atoms with E-state index in [0.717, 1.165) is 17.8 Å². The van der Waals surface area contributed by atoms with Gasteiger partial charge in [-0.05, 0) is 72.5 Å². The molecule has 0 spiro atoms. The number of nitrogens with one attached hydrogen (secondary N) is 1. The van der Waals surface area contributed by atoms with E-state index in [4.69, 9.17) is 0 Å². The molecule has 1 aliphatic carbocycles. The minimum absolute atomic E-state index is 0.572. The highest BCUT2D eigenvalue weighted by atomic mass is 32.1. The summed E-state index contributed by atoms with van der Waals surface area (Å²) in [5, 5.41) is 9.04. The molecule has 0 fully saturated rings. The number of para-hydroxylation sites is 2. The average molecular weight is 533 g/mol. The topological polar surface area (TPSA) is 17.0 Å². The highest BCUT2D eigenvalue weighted by Gasteiger charge is 2.18. The Morgan fingerprint density at radius 2 is 1.50 bits per heavy atom. The number of hydrogen-bond donors (Lipinski definition) is 1. The van der Waals surface area contributed by atoms with Crippen LogP contribution in [0.2, 0.25) is 0 Å². The van der Waals surface area contributed by atoms with E-state index < -0.39 is 0 Å². The number of thiophene rings is 1. The fourth-order valence-corrected chi connectivity index (χ4v) is 7.31. The van der Waals surface area contributed by atoms with E-state index in [1.165, 1.54) is 58.8 Å². The molecule has 0 radical (unpaired) electrons. The third-order valence-corrected chi connectivity index (χ3v) is 9.25. The van der Waals surface area contributed by atoms with E-state index in [9.17, 15) is 0 Å². The highest BCUT2D eigenvalue weighted by molar-refractivity contribution is 7.25. The van der Waals surface area contributed by atoms with E-state index in [1.54, 1.807) is 0 Å². The van der Waals surface area contributed by atoms with Crippen LogP contribution in [0.5, 0.6) is 0 Å². The van der Waals surface area contributed by atoms with Gasteiger partial charge in [-0.2, -0.15) is 0 Å². The molecule has 1 aliphatic rings. The summed E-state index contributed by atoms with van der Waals surface area (Å²) in [4.78, 5) is 0. The predicted octanol–water partition coefficient (Wildman–Crippen LogP) is 10.9. The first-order chi connectivity index (χ1) is 19.7. The molecule has 0 bridgehead atoms. The lowest BCUT2D eigenvalue weighted by molar-refractivity contribution is 0.739. The Hall–Kier alpha value is -4.60. The molecule has 2 aromatic heterocycles. The maximum atomic E-state index is 3.85. The van der Waals surface area contributed by atoms with E-state index in [-0.39, 0.29) is 0 Å². The second-order valence-corrected chi connectivity index (χ2v) is 11.8. The van der Waals surface area contributed by atoms with Crippen LogP contribution in [0.3, 0.4) is 0 Å². The predicted molar refractivity (Wildman–Crippen MR) is 174 cm³/mol. The molecule has 1 unspecified atom stereocenters. The summed E-state index contributed by atoms with van der Waals surface area (Å²) in [5.41, 5.74) is 8.45. The van der Waals surface area contributed by atoms with Gasteiger partial charge in [0.2, 0.25) is 0 Å². The van der Waals surface area contributed by atoms with Crippen molar-refractivity contribution in [1.82, 2.24) is 4.57 Å². The first kappa shape index (κ1) is 23.3. The Labute approximate surface area is 237 Å². The number of aromatic nitrogens is 1. The van der Waals surface area contributed by atoms with Crippen LogP contribution in [0.4, 0.5) is 11.4 Å². The van der Waals surface area contributed by atoms with Crippen LogP contribution in [0, 0.1) is 5.92 Å². The van der Waals surface area contributed by atoms with Crippen molar-refractivity contribution in [1.29, 1.82) is 0 Å². The standard InChI is InChI=1S/C37H28N2S/c1-24-15-17-25(18-16-24)36-31(20-22-35-37(36)29-12-6-8-14-34(29)40-35)38-26-19-21-33-30(23-26)28-11-5-7-13-32(28)39(33)27-9-3-2-4-10-27/h2-15,17-24,38H,16H2,1H3. The Morgan fingerprint density at radius 3 is 2.35 bits per heavy atom. The average Bonchev–Trinajstić information content (AvgIpc) is 3.54. The molecular formula is C37H28N2S. The van der Waals surface area contributed by atoms with E-state index in [2.05, 4.69) is 144 Å². The highest BCUT2D eigenvalue weighted by Crippen LogP contribution is 2.44. The van der Waals surface area contributed by atoms with Crippen LogP contribution in [-0.4, -0.2) is 4.57 Å². The molecule has 7 aromatic rings. The van der Waals surface area contributed by atoms with Crippen molar-refractivity contribution in [3.63, 3.8) is 0 Å². The number of nitrogens with zero attached hydrogens (tertiary/aromatic N) is 1. The molecule has 40 heavy (non-hydrogen) atoms. The van der Waals surface area contributed by atoms with Crippen LogP contribution in [0.25, 0.3) is 53.2 Å².